The van der Waals surface area contributed by atoms with Crippen LogP contribution in [-0.2, 0) is 13.0 Å². The molecule has 0 aromatic heterocycles. The second-order valence-corrected chi connectivity index (χ2v) is 7.48. The van der Waals surface area contributed by atoms with Gasteiger partial charge in [0.05, 0.1) is 20.3 Å². The number of methoxy groups -OCH3 is 2. The van der Waals surface area contributed by atoms with E-state index in [0.717, 1.165) is 42.1 Å². The molecule has 4 heteroatoms. The second-order valence-electron chi connectivity index (χ2n) is 7.48. The Morgan fingerprint density at radius 2 is 1.56 bits per heavy atom. The van der Waals surface area contributed by atoms with Gasteiger partial charge in [0, 0.05) is 19.2 Å². The lowest BCUT2D eigenvalue weighted by atomic mass is 10.1. The number of ether oxygens (including phenoxy) is 2. The van der Waals surface area contributed by atoms with Crippen LogP contribution < -0.4 is 9.47 Å². The Labute approximate surface area is 163 Å². The van der Waals surface area contributed by atoms with Gasteiger partial charge < -0.3 is 14.6 Å². The third kappa shape index (κ3) is 7.61. The molecule has 1 atom stereocenters. The van der Waals surface area contributed by atoms with Crippen molar-refractivity contribution in [2.75, 3.05) is 27.3 Å². The van der Waals surface area contributed by atoms with Crippen LogP contribution in [0.3, 0.4) is 0 Å². The molecule has 27 heavy (non-hydrogen) atoms. The van der Waals surface area contributed by atoms with Gasteiger partial charge in [-0.05, 0) is 48.6 Å². The fourth-order valence-electron chi connectivity index (χ4n) is 3.14. The zero-order valence-electron chi connectivity index (χ0n) is 17.0. The zero-order chi connectivity index (χ0) is 19.6. The first-order chi connectivity index (χ1) is 13.0. The van der Waals surface area contributed by atoms with Gasteiger partial charge in [-0.1, -0.05) is 44.2 Å². The monoisotopic (exact) mass is 371 g/mol. The van der Waals surface area contributed by atoms with E-state index in [9.17, 15) is 5.11 Å². The summed E-state index contributed by atoms with van der Waals surface area (Å²) in [6.45, 7) is 6.80. The normalized spacial score (nSPS) is 12.4. The standard InChI is InChI=1S/C23H33NO3/c1-18(2)10-11-24(17-21(25)12-19-8-6-5-7-9-19)16-20-13-22(26-3)15-23(14-20)27-4/h5-9,13-15,18,21,25H,10-12,16-17H2,1-4H3. The van der Waals surface area contributed by atoms with Gasteiger partial charge in [0.15, 0.2) is 0 Å². The van der Waals surface area contributed by atoms with Gasteiger partial charge >= 0.3 is 0 Å². The summed E-state index contributed by atoms with van der Waals surface area (Å²) in [6, 6.07) is 16.1. The predicted octanol–water partition coefficient (Wildman–Crippen LogP) is 4.16. The van der Waals surface area contributed by atoms with Crippen LogP contribution in [0.15, 0.2) is 48.5 Å². The smallest absolute Gasteiger partial charge is 0.122 e. The number of nitrogens with zero attached hydrogens (tertiary/aromatic N) is 1. The van der Waals surface area contributed by atoms with Crippen molar-refractivity contribution < 1.29 is 14.6 Å². The molecule has 0 bridgehead atoms. The largest absolute Gasteiger partial charge is 0.497 e. The van der Waals surface area contributed by atoms with Gasteiger partial charge in [-0.3, -0.25) is 4.90 Å². The average molecular weight is 372 g/mol. The summed E-state index contributed by atoms with van der Waals surface area (Å²) in [7, 11) is 3.33. The van der Waals surface area contributed by atoms with Crippen molar-refractivity contribution in [1.82, 2.24) is 4.90 Å². The van der Waals surface area contributed by atoms with E-state index in [1.165, 1.54) is 0 Å². The molecule has 0 fully saturated rings. The number of rotatable bonds is 11. The maximum atomic E-state index is 10.6. The van der Waals surface area contributed by atoms with Crippen LogP contribution in [-0.4, -0.2) is 43.4 Å². The molecule has 0 spiro atoms. The van der Waals surface area contributed by atoms with E-state index in [1.807, 2.05) is 36.4 Å². The average Bonchev–Trinajstić information content (AvgIpc) is 2.66. The third-order valence-electron chi connectivity index (χ3n) is 4.62. The van der Waals surface area contributed by atoms with Crippen molar-refractivity contribution >= 4 is 0 Å². The van der Waals surface area contributed by atoms with E-state index >= 15 is 0 Å². The first-order valence-electron chi connectivity index (χ1n) is 9.66. The van der Waals surface area contributed by atoms with E-state index in [0.29, 0.717) is 18.9 Å². The quantitative estimate of drug-likeness (QED) is 0.644. The molecule has 0 saturated heterocycles. The van der Waals surface area contributed by atoms with Crippen LogP contribution in [0.25, 0.3) is 0 Å². The highest BCUT2D eigenvalue weighted by Gasteiger charge is 2.15. The minimum absolute atomic E-state index is 0.396. The summed E-state index contributed by atoms with van der Waals surface area (Å²) in [5, 5.41) is 10.6. The molecule has 148 valence electrons. The van der Waals surface area contributed by atoms with Crippen molar-refractivity contribution in [3.8, 4) is 11.5 Å². The Morgan fingerprint density at radius 1 is 0.926 bits per heavy atom. The number of hydrogen-bond acceptors (Lipinski definition) is 4. The minimum Gasteiger partial charge on any atom is -0.497 e. The van der Waals surface area contributed by atoms with Gasteiger partial charge in [0.1, 0.15) is 11.5 Å². The summed E-state index contributed by atoms with van der Waals surface area (Å²) >= 11 is 0. The van der Waals surface area contributed by atoms with Crippen molar-refractivity contribution in [3.63, 3.8) is 0 Å². The van der Waals surface area contributed by atoms with Crippen LogP contribution in [0, 0.1) is 5.92 Å². The summed E-state index contributed by atoms with van der Waals surface area (Å²) in [4.78, 5) is 2.32. The van der Waals surface area contributed by atoms with Crippen LogP contribution in [0.2, 0.25) is 0 Å². The number of aliphatic hydroxyl groups is 1. The number of benzene rings is 2. The van der Waals surface area contributed by atoms with Crippen LogP contribution in [0.1, 0.15) is 31.4 Å². The second kappa shape index (κ2) is 11.0. The molecule has 0 radical (unpaired) electrons. The molecule has 0 amide bonds. The highest BCUT2D eigenvalue weighted by Crippen LogP contribution is 2.24. The van der Waals surface area contributed by atoms with E-state index in [4.69, 9.17) is 9.47 Å². The summed E-state index contributed by atoms with van der Waals surface area (Å²) in [5.41, 5.74) is 2.29. The Balaban J connectivity index is 2.06. The third-order valence-corrected chi connectivity index (χ3v) is 4.62. The molecule has 2 aromatic carbocycles. The Bertz CT molecular complexity index is 650. The van der Waals surface area contributed by atoms with Crippen molar-refractivity contribution in [3.05, 3.63) is 59.7 Å². The first kappa shape index (κ1) is 21.3. The molecule has 0 aliphatic rings. The fourth-order valence-corrected chi connectivity index (χ4v) is 3.14. The SMILES string of the molecule is COc1cc(CN(CCC(C)C)CC(O)Cc2ccccc2)cc(OC)c1. The van der Waals surface area contributed by atoms with E-state index in [-0.39, 0.29) is 0 Å². The van der Waals surface area contributed by atoms with E-state index in [1.54, 1.807) is 14.2 Å². The summed E-state index contributed by atoms with van der Waals surface area (Å²) < 4.78 is 10.8. The number of hydrogen-bond donors (Lipinski definition) is 1. The van der Waals surface area contributed by atoms with E-state index < -0.39 is 6.10 Å². The zero-order valence-corrected chi connectivity index (χ0v) is 17.0. The molecular formula is C23H33NO3. The number of aliphatic hydroxyl groups excluding tert-OH is 1. The van der Waals surface area contributed by atoms with Crippen molar-refractivity contribution in [2.24, 2.45) is 5.92 Å². The Morgan fingerprint density at radius 3 is 2.11 bits per heavy atom. The van der Waals surface area contributed by atoms with Gasteiger partial charge in [-0.2, -0.15) is 0 Å². The topological polar surface area (TPSA) is 41.9 Å². The molecule has 1 N–H and O–H groups in total. The molecule has 2 aromatic rings. The van der Waals surface area contributed by atoms with Gasteiger partial charge in [-0.15, -0.1) is 0 Å². The van der Waals surface area contributed by atoms with Crippen LogP contribution in [0.4, 0.5) is 0 Å². The van der Waals surface area contributed by atoms with Gasteiger partial charge in [0.2, 0.25) is 0 Å². The molecule has 2 rings (SSSR count). The Hall–Kier alpha value is -2.04. The Kier molecular flexibility index (Phi) is 8.62. The maximum Gasteiger partial charge on any atom is 0.122 e. The van der Waals surface area contributed by atoms with Crippen LogP contribution >= 0.6 is 0 Å². The lowest BCUT2D eigenvalue weighted by molar-refractivity contribution is 0.105. The van der Waals surface area contributed by atoms with Crippen molar-refractivity contribution in [2.45, 2.75) is 39.3 Å². The summed E-state index contributed by atoms with van der Waals surface area (Å²) in [5.74, 6) is 2.20. The molecule has 4 nitrogen and oxygen atoms in total. The molecule has 0 aliphatic carbocycles. The fraction of sp³-hybridized carbons (Fsp3) is 0.478. The molecule has 0 heterocycles. The first-order valence-corrected chi connectivity index (χ1v) is 9.66. The summed E-state index contributed by atoms with van der Waals surface area (Å²) in [6.07, 6.45) is 1.37. The van der Waals surface area contributed by atoms with E-state index in [2.05, 4.69) is 30.9 Å². The highest BCUT2D eigenvalue weighted by molar-refractivity contribution is 5.38. The minimum atomic E-state index is -0.396. The molecule has 1 unspecified atom stereocenters. The van der Waals surface area contributed by atoms with Crippen LogP contribution in [0.5, 0.6) is 11.5 Å². The predicted molar refractivity (Wildman–Crippen MR) is 110 cm³/mol. The van der Waals surface area contributed by atoms with Crippen molar-refractivity contribution in [1.29, 1.82) is 0 Å². The maximum absolute atomic E-state index is 10.6. The lowest BCUT2D eigenvalue weighted by Crippen LogP contribution is -2.34. The molecule has 0 aliphatic heterocycles. The lowest BCUT2D eigenvalue weighted by Gasteiger charge is -2.26. The molecule has 0 saturated carbocycles. The van der Waals surface area contributed by atoms with Gasteiger partial charge in [0.25, 0.3) is 0 Å². The highest BCUT2D eigenvalue weighted by atomic mass is 16.5. The van der Waals surface area contributed by atoms with Gasteiger partial charge in [-0.25, -0.2) is 0 Å². The molecular weight excluding hydrogens is 338 g/mol.